The van der Waals surface area contributed by atoms with Crippen LogP contribution in [0.5, 0.6) is 0 Å². The highest BCUT2D eigenvalue weighted by atomic mass is 35.5. The molecular weight excluding hydrogens is 246 g/mol. The van der Waals surface area contributed by atoms with Gasteiger partial charge in [0.25, 0.3) is 5.69 Å². The van der Waals surface area contributed by atoms with Gasteiger partial charge in [-0.15, -0.1) is 0 Å². The van der Waals surface area contributed by atoms with E-state index in [1.165, 1.54) is 12.1 Å². The average molecular weight is 252 g/mol. The van der Waals surface area contributed by atoms with Crippen LogP contribution in [0.1, 0.15) is 0 Å². The Labute approximate surface area is 91.3 Å². The summed E-state index contributed by atoms with van der Waals surface area (Å²) in [5, 5.41) is 10.3. The Balaban J connectivity index is 0.000000336. The second kappa shape index (κ2) is 6.87. The largest absolute Gasteiger partial charge is 0.327 e. The summed E-state index contributed by atoms with van der Waals surface area (Å²) in [5.74, 6) is 4.18. The number of hydrogen-bond donors (Lipinski definition) is 1. The van der Waals surface area contributed by atoms with Gasteiger partial charge >= 0.3 is 10.5 Å². The van der Waals surface area contributed by atoms with E-state index in [1.54, 1.807) is 12.1 Å². The lowest BCUT2D eigenvalue weighted by Crippen LogP contribution is -1.87. The van der Waals surface area contributed by atoms with Crippen molar-refractivity contribution >= 4 is 27.8 Å². The van der Waals surface area contributed by atoms with E-state index < -0.39 is 15.4 Å². The zero-order chi connectivity index (χ0) is 11.8. The molecule has 0 unspecified atom stereocenters. The number of benzene rings is 1. The normalized spacial score (nSPS) is 8.40. The number of halogens is 1. The molecule has 15 heavy (non-hydrogen) atoms. The third-order valence-corrected chi connectivity index (χ3v) is 1.63. The molecule has 0 saturated carbocycles. The summed E-state index contributed by atoms with van der Waals surface area (Å²) in [6.45, 7) is 0. The first-order valence-corrected chi connectivity index (χ1v) is 4.79. The summed E-state index contributed by atoms with van der Waals surface area (Å²) in [7, 11) is -2.42. The van der Waals surface area contributed by atoms with Gasteiger partial charge in [-0.25, -0.2) is 5.84 Å². The van der Waals surface area contributed by atoms with Crippen molar-refractivity contribution in [1.82, 2.24) is 0 Å². The first-order chi connectivity index (χ1) is 6.99. The van der Waals surface area contributed by atoms with Gasteiger partial charge < -0.3 is 0 Å². The molecule has 82 valence electrons. The van der Waals surface area contributed by atoms with Crippen LogP contribution >= 0.6 is 11.6 Å². The summed E-state index contributed by atoms with van der Waals surface area (Å²) >= 11 is 5.48. The van der Waals surface area contributed by atoms with Gasteiger partial charge in [0.05, 0.1) is 4.92 Å². The zero-order valence-electron chi connectivity index (χ0n) is 7.20. The summed E-state index contributed by atoms with van der Waals surface area (Å²) in [4.78, 5) is 9.63. The molecule has 0 amide bonds. The van der Waals surface area contributed by atoms with Gasteiger partial charge in [0, 0.05) is 6.07 Å². The fraction of sp³-hybridized carbons (Fsp3) is 0. The maximum atomic E-state index is 10.1. The molecule has 0 aliphatic heterocycles. The fourth-order valence-electron chi connectivity index (χ4n) is 0.600. The Morgan fingerprint density at radius 1 is 1.40 bits per heavy atom. The van der Waals surface area contributed by atoms with Crippen LogP contribution < -0.4 is 5.84 Å². The number of para-hydroxylation sites is 1. The third kappa shape index (κ3) is 5.73. The Morgan fingerprint density at radius 3 is 2.13 bits per heavy atom. The third-order valence-electron chi connectivity index (χ3n) is 1.14. The van der Waals surface area contributed by atoms with Crippen LogP contribution in [0.15, 0.2) is 28.7 Å². The summed E-state index contributed by atoms with van der Waals surface area (Å²) in [6, 6.07) is 6.07. The van der Waals surface area contributed by atoms with Crippen LogP contribution in [0.4, 0.5) is 5.69 Å². The second-order valence-corrected chi connectivity index (χ2v) is 3.08. The molecule has 0 spiro atoms. The molecule has 0 bridgehead atoms. The van der Waals surface area contributed by atoms with E-state index in [4.69, 9.17) is 20.0 Å². The first kappa shape index (κ1) is 13.5. The maximum absolute atomic E-state index is 10.1. The van der Waals surface area contributed by atoms with Crippen LogP contribution in [0.3, 0.4) is 0 Å². The van der Waals surface area contributed by atoms with Gasteiger partial charge in [-0.1, -0.05) is 28.2 Å². The summed E-state index contributed by atoms with van der Waals surface area (Å²) < 4.78 is 20.5. The Morgan fingerprint density at radius 2 is 1.87 bits per heavy atom. The van der Waals surface area contributed by atoms with E-state index in [9.17, 15) is 10.1 Å². The molecule has 0 radical (unpaired) electrons. The number of hydrogen-bond acceptors (Lipinski definition) is 5. The van der Waals surface area contributed by atoms with Crippen LogP contribution in [0, 0.1) is 10.1 Å². The van der Waals surface area contributed by atoms with Gasteiger partial charge in [0.1, 0.15) is 5.02 Å². The summed E-state index contributed by atoms with van der Waals surface area (Å²) in [5.41, 5.74) is -0.0517. The topological polar surface area (TPSA) is 116 Å². The highest BCUT2D eigenvalue weighted by Gasteiger charge is 2.08. The average Bonchev–Trinajstić information content (AvgIpc) is 2.19. The van der Waals surface area contributed by atoms with Crippen LogP contribution in [0.25, 0.3) is 0 Å². The van der Waals surface area contributed by atoms with Crippen LogP contribution in [-0.2, 0) is 10.5 Å². The predicted molar refractivity (Wildman–Crippen MR) is 53.6 cm³/mol. The molecule has 0 atom stereocenters. The Kier molecular flexibility index (Phi) is 6.18. The number of nitrogens with zero attached hydrogens (tertiary/aromatic N) is 2. The van der Waals surface area contributed by atoms with Crippen molar-refractivity contribution in [3.8, 4) is 0 Å². The molecule has 1 aromatic rings. The highest BCUT2D eigenvalue weighted by Crippen LogP contribution is 2.21. The van der Waals surface area contributed by atoms with E-state index in [0.29, 0.717) is 0 Å². The molecule has 2 N–H and O–H groups in total. The van der Waals surface area contributed by atoms with Crippen molar-refractivity contribution in [3.05, 3.63) is 39.4 Å². The molecule has 0 aliphatic rings. The van der Waals surface area contributed by atoms with Crippen molar-refractivity contribution in [1.29, 1.82) is 0 Å². The predicted octanol–water partition coefficient (Wildman–Crippen LogP) is 1.17. The molecule has 1 rings (SSSR count). The molecule has 0 aromatic heterocycles. The van der Waals surface area contributed by atoms with E-state index in [2.05, 4.69) is 10.3 Å². The number of nitrogens with two attached hydrogens (primary N) is 1. The molecule has 0 fully saturated rings. The lowest BCUT2D eigenvalue weighted by atomic mass is 10.3. The minimum absolute atomic E-state index is 0.0517. The first-order valence-electron chi connectivity index (χ1n) is 3.38. The molecule has 0 heterocycles. The van der Waals surface area contributed by atoms with Crippen molar-refractivity contribution in [2.24, 2.45) is 10.3 Å². The van der Waals surface area contributed by atoms with Crippen LogP contribution in [-0.4, -0.2) is 13.3 Å². The smallest absolute Gasteiger partial charge is 0.258 e. The maximum Gasteiger partial charge on any atom is 0.327 e. The molecular formula is C6H6ClN3O4S. The van der Waals surface area contributed by atoms with Crippen LogP contribution in [0.2, 0.25) is 5.02 Å². The quantitative estimate of drug-likeness (QED) is 0.457. The lowest BCUT2D eigenvalue weighted by molar-refractivity contribution is -0.384. The van der Waals surface area contributed by atoms with E-state index in [0.717, 1.165) is 0 Å². The Bertz CT molecular complexity index is 465. The monoisotopic (exact) mass is 251 g/mol. The van der Waals surface area contributed by atoms with Crippen molar-refractivity contribution < 1.29 is 13.3 Å². The molecule has 9 heteroatoms. The molecule has 0 aliphatic carbocycles. The molecule has 1 aromatic carbocycles. The highest BCUT2D eigenvalue weighted by molar-refractivity contribution is 7.61. The van der Waals surface area contributed by atoms with E-state index >= 15 is 0 Å². The number of rotatable bonds is 1. The van der Waals surface area contributed by atoms with Gasteiger partial charge in [-0.3, -0.25) is 10.1 Å². The van der Waals surface area contributed by atoms with Crippen molar-refractivity contribution in [2.75, 3.05) is 0 Å². The van der Waals surface area contributed by atoms with Crippen molar-refractivity contribution in [3.63, 3.8) is 0 Å². The van der Waals surface area contributed by atoms with Gasteiger partial charge in [-0.05, 0) is 6.07 Å². The zero-order valence-corrected chi connectivity index (χ0v) is 8.77. The number of nitro groups is 1. The van der Waals surface area contributed by atoms with Crippen molar-refractivity contribution in [2.45, 2.75) is 0 Å². The second-order valence-electron chi connectivity index (χ2n) is 2.03. The fourth-order valence-corrected chi connectivity index (χ4v) is 0.805. The van der Waals surface area contributed by atoms with Gasteiger partial charge in [-0.2, -0.15) is 8.42 Å². The number of nitro benzene ring substituents is 1. The molecule has 7 nitrogen and oxygen atoms in total. The van der Waals surface area contributed by atoms with E-state index in [1.807, 2.05) is 0 Å². The van der Waals surface area contributed by atoms with Gasteiger partial charge in [0.15, 0.2) is 0 Å². The molecule has 0 saturated heterocycles. The Hall–Kier alpha value is -1.51. The van der Waals surface area contributed by atoms with Gasteiger partial charge in [0.2, 0.25) is 0 Å². The SMILES string of the molecule is NN=S(=O)=O.O=[N+]([O-])c1ccccc1Cl. The van der Waals surface area contributed by atoms with E-state index in [-0.39, 0.29) is 10.7 Å². The summed E-state index contributed by atoms with van der Waals surface area (Å²) in [6.07, 6.45) is 0. The lowest BCUT2D eigenvalue weighted by Gasteiger charge is -1.90. The standard InChI is InChI=1S/C6H4ClNO2.H2N2O2S/c7-5-3-1-2-4-6(5)8(9)10;1-2-5(3)4/h1-4H;1H2. The minimum Gasteiger partial charge on any atom is -0.258 e. The minimum atomic E-state index is -2.42.